The van der Waals surface area contributed by atoms with E-state index in [4.69, 9.17) is 4.74 Å². The zero-order chi connectivity index (χ0) is 24.3. The Kier molecular flexibility index (Phi) is 11.2. The lowest BCUT2D eigenvalue weighted by atomic mass is 10.0. The van der Waals surface area contributed by atoms with Gasteiger partial charge in [0.15, 0.2) is 0 Å². The van der Waals surface area contributed by atoms with E-state index in [-0.39, 0.29) is 19.1 Å². The molecular formula is C24H39N3O5. The van der Waals surface area contributed by atoms with Crippen molar-refractivity contribution in [1.82, 2.24) is 15.5 Å². The van der Waals surface area contributed by atoms with Crippen LogP contribution in [0.3, 0.4) is 0 Å². The fourth-order valence-electron chi connectivity index (χ4n) is 3.27. The minimum Gasteiger partial charge on any atom is -0.444 e. The maximum atomic E-state index is 13.3. The molecule has 0 aliphatic rings. The average Bonchev–Trinajstić information content (AvgIpc) is 2.69. The van der Waals surface area contributed by atoms with E-state index >= 15 is 0 Å². The summed E-state index contributed by atoms with van der Waals surface area (Å²) in [5.74, 6) is -0.807. The fourth-order valence-corrected chi connectivity index (χ4v) is 3.27. The summed E-state index contributed by atoms with van der Waals surface area (Å²) >= 11 is 0. The van der Waals surface area contributed by atoms with Crippen molar-refractivity contribution in [2.75, 3.05) is 19.7 Å². The number of nitrogens with zero attached hydrogens (tertiary/aromatic N) is 1. The van der Waals surface area contributed by atoms with E-state index in [9.17, 15) is 19.5 Å². The minimum absolute atomic E-state index is 0.0554. The first-order valence-corrected chi connectivity index (χ1v) is 11.2. The summed E-state index contributed by atoms with van der Waals surface area (Å²) in [6.07, 6.45) is 2.14. The van der Waals surface area contributed by atoms with Crippen LogP contribution < -0.4 is 10.6 Å². The Hall–Kier alpha value is -2.61. The molecule has 0 heterocycles. The van der Waals surface area contributed by atoms with Crippen molar-refractivity contribution in [2.24, 2.45) is 0 Å². The Labute approximate surface area is 191 Å². The van der Waals surface area contributed by atoms with Crippen LogP contribution in [-0.4, -0.2) is 59.3 Å². The molecule has 0 aromatic heterocycles. The van der Waals surface area contributed by atoms with Crippen molar-refractivity contribution >= 4 is 17.9 Å². The van der Waals surface area contributed by atoms with Gasteiger partial charge < -0.3 is 25.4 Å². The quantitative estimate of drug-likeness (QED) is 0.450. The first-order valence-electron chi connectivity index (χ1n) is 11.2. The van der Waals surface area contributed by atoms with Gasteiger partial charge in [-0.05, 0) is 46.6 Å². The van der Waals surface area contributed by atoms with Gasteiger partial charge in [0.1, 0.15) is 17.7 Å². The normalized spacial score (nSPS) is 13.1. The van der Waals surface area contributed by atoms with Gasteiger partial charge in [0.2, 0.25) is 11.8 Å². The molecule has 0 aliphatic carbocycles. The number of hydrogen-bond acceptors (Lipinski definition) is 5. The zero-order valence-corrected chi connectivity index (χ0v) is 20.2. The second-order valence-corrected chi connectivity index (χ2v) is 8.94. The van der Waals surface area contributed by atoms with Gasteiger partial charge in [-0.3, -0.25) is 9.59 Å². The summed E-state index contributed by atoms with van der Waals surface area (Å²) in [7, 11) is 0. The number of benzene rings is 1. The molecule has 0 aliphatic heterocycles. The zero-order valence-electron chi connectivity index (χ0n) is 20.2. The molecule has 1 aromatic rings. The van der Waals surface area contributed by atoms with Crippen molar-refractivity contribution in [3.8, 4) is 0 Å². The molecule has 1 rings (SSSR count). The number of aliphatic hydroxyl groups is 1. The first kappa shape index (κ1) is 27.4. The molecule has 180 valence electrons. The number of amides is 3. The maximum Gasteiger partial charge on any atom is 0.408 e. The molecule has 1 aromatic carbocycles. The highest BCUT2D eigenvalue weighted by atomic mass is 16.6. The van der Waals surface area contributed by atoms with Crippen molar-refractivity contribution < 1.29 is 24.2 Å². The third-order valence-electron chi connectivity index (χ3n) is 4.73. The van der Waals surface area contributed by atoms with Gasteiger partial charge in [-0.1, -0.05) is 49.6 Å². The number of aliphatic hydroxyl groups excluding tert-OH is 1. The van der Waals surface area contributed by atoms with Crippen LogP contribution >= 0.6 is 0 Å². The van der Waals surface area contributed by atoms with Gasteiger partial charge in [0.25, 0.3) is 0 Å². The van der Waals surface area contributed by atoms with Crippen LogP contribution in [-0.2, 0) is 14.3 Å². The Morgan fingerprint density at radius 1 is 1.19 bits per heavy atom. The Morgan fingerprint density at radius 2 is 1.88 bits per heavy atom. The third kappa shape index (κ3) is 9.26. The van der Waals surface area contributed by atoms with Crippen molar-refractivity contribution in [2.45, 2.75) is 78.5 Å². The van der Waals surface area contributed by atoms with E-state index in [1.807, 2.05) is 25.1 Å². The lowest BCUT2D eigenvalue weighted by Crippen LogP contribution is -2.52. The lowest BCUT2D eigenvalue weighted by molar-refractivity contribution is -0.142. The molecule has 2 unspecified atom stereocenters. The Morgan fingerprint density at radius 3 is 2.44 bits per heavy atom. The summed E-state index contributed by atoms with van der Waals surface area (Å²) in [5.41, 5.74) is 0.881. The molecular weight excluding hydrogens is 410 g/mol. The first-order chi connectivity index (χ1) is 15.0. The number of carbonyl (C=O) groups excluding carboxylic acids is 3. The standard InChI is InChI=1S/C24H39N3O5/c1-7-8-9-13-25-21(29)20(19-12-10-11-17(2)16-19)27(14-15-28)22(30)18(3)26-23(31)32-24(4,5)6/h10-12,16,18,20,28H,7-9,13-15H2,1-6H3,(H,25,29)(H,26,31). The molecule has 32 heavy (non-hydrogen) atoms. The molecule has 3 N–H and O–H groups in total. The maximum absolute atomic E-state index is 13.3. The average molecular weight is 450 g/mol. The number of hydrogen-bond donors (Lipinski definition) is 3. The molecule has 2 atom stereocenters. The van der Waals surface area contributed by atoms with E-state index in [0.717, 1.165) is 24.8 Å². The molecule has 0 fully saturated rings. The summed E-state index contributed by atoms with van der Waals surface area (Å²) < 4.78 is 5.23. The van der Waals surface area contributed by atoms with E-state index in [2.05, 4.69) is 17.6 Å². The topological polar surface area (TPSA) is 108 Å². The molecule has 0 saturated heterocycles. The van der Waals surface area contributed by atoms with Crippen LogP contribution in [0.5, 0.6) is 0 Å². The molecule has 0 radical (unpaired) electrons. The smallest absolute Gasteiger partial charge is 0.408 e. The van der Waals surface area contributed by atoms with Gasteiger partial charge >= 0.3 is 6.09 Å². The Bertz CT molecular complexity index is 760. The molecule has 8 heteroatoms. The highest BCUT2D eigenvalue weighted by Crippen LogP contribution is 2.23. The second kappa shape index (κ2) is 13.1. The fraction of sp³-hybridized carbons (Fsp3) is 0.625. The van der Waals surface area contributed by atoms with Crippen LogP contribution in [0.25, 0.3) is 0 Å². The lowest BCUT2D eigenvalue weighted by Gasteiger charge is -2.33. The Balaban J connectivity index is 3.15. The van der Waals surface area contributed by atoms with Gasteiger partial charge in [0, 0.05) is 13.1 Å². The van der Waals surface area contributed by atoms with Gasteiger partial charge in [-0.25, -0.2) is 4.79 Å². The van der Waals surface area contributed by atoms with Crippen molar-refractivity contribution in [3.63, 3.8) is 0 Å². The summed E-state index contributed by atoms with van der Waals surface area (Å²) in [6, 6.07) is 5.49. The number of rotatable bonds is 11. The van der Waals surface area contributed by atoms with Gasteiger partial charge in [0.05, 0.1) is 6.61 Å². The van der Waals surface area contributed by atoms with Crippen molar-refractivity contribution in [3.05, 3.63) is 35.4 Å². The molecule has 0 spiro atoms. The number of nitrogens with one attached hydrogen (secondary N) is 2. The predicted octanol–water partition coefficient (Wildman–Crippen LogP) is 3.08. The van der Waals surface area contributed by atoms with Crippen LogP contribution in [0.2, 0.25) is 0 Å². The highest BCUT2D eigenvalue weighted by Gasteiger charge is 2.34. The number of carbonyl (C=O) groups is 3. The monoisotopic (exact) mass is 449 g/mol. The number of alkyl carbamates (subject to hydrolysis) is 1. The highest BCUT2D eigenvalue weighted by molar-refractivity contribution is 5.92. The minimum atomic E-state index is -0.948. The SMILES string of the molecule is CCCCCNC(=O)C(c1cccc(C)c1)N(CCO)C(=O)C(C)NC(=O)OC(C)(C)C. The van der Waals surface area contributed by atoms with E-state index in [1.54, 1.807) is 26.8 Å². The predicted molar refractivity (Wildman–Crippen MR) is 124 cm³/mol. The van der Waals surface area contributed by atoms with Crippen LogP contribution in [0.4, 0.5) is 4.79 Å². The second-order valence-electron chi connectivity index (χ2n) is 8.94. The molecule has 8 nitrogen and oxygen atoms in total. The van der Waals surface area contributed by atoms with E-state index < -0.39 is 29.7 Å². The molecule has 0 saturated carbocycles. The molecule has 0 bridgehead atoms. The van der Waals surface area contributed by atoms with Crippen LogP contribution in [0, 0.1) is 6.92 Å². The summed E-state index contributed by atoms with van der Waals surface area (Å²) in [4.78, 5) is 39.9. The number of unbranched alkanes of at least 4 members (excludes halogenated alkanes) is 2. The largest absolute Gasteiger partial charge is 0.444 e. The molecule has 3 amide bonds. The van der Waals surface area contributed by atoms with Crippen LogP contribution in [0.1, 0.15) is 71.0 Å². The summed E-state index contributed by atoms with van der Waals surface area (Å²) in [6.45, 7) is 10.8. The third-order valence-corrected chi connectivity index (χ3v) is 4.73. The number of aryl methyl sites for hydroxylation is 1. The number of ether oxygens (including phenoxy) is 1. The van der Waals surface area contributed by atoms with E-state index in [0.29, 0.717) is 12.1 Å². The van der Waals surface area contributed by atoms with E-state index in [1.165, 1.54) is 11.8 Å². The van der Waals surface area contributed by atoms with Gasteiger partial charge in [-0.15, -0.1) is 0 Å². The van der Waals surface area contributed by atoms with Gasteiger partial charge in [-0.2, -0.15) is 0 Å². The van der Waals surface area contributed by atoms with Crippen molar-refractivity contribution in [1.29, 1.82) is 0 Å². The summed E-state index contributed by atoms with van der Waals surface area (Å²) in [5, 5.41) is 15.1. The van der Waals surface area contributed by atoms with Crippen LogP contribution in [0.15, 0.2) is 24.3 Å².